The Balaban J connectivity index is 1.21. The topological polar surface area (TPSA) is 47.2 Å². The number of benzene rings is 1. The number of rotatable bonds is 7. The highest BCUT2D eigenvalue weighted by Gasteiger charge is 2.51. The fraction of sp³-hybridized carbons (Fsp3) is 0.552. The number of hydrogen-bond donors (Lipinski definition) is 2. The Morgan fingerprint density at radius 2 is 2.00 bits per heavy atom. The quantitative estimate of drug-likeness (QED) is 0.471. The van der Waals surface area contributed by atoms with Gasteiger partial charge in [-0.05, 0) is 74.1 Å². The fourth-order valence-electron chi connectivity index (χ4n) is 7.56. The summed E-state index contributed by atoms with van der Waals surface area (Å²) in [5.41, 5.74) is 4.67. The minimum absolute atomic E-state index is 0.0172. The van der Waals surface area contributed by atoms with E-state index in [1.165, 1.54) is 35.9 Å². The number of nitrogens with zero attached hydrogens (tertiary/aromatic N) is 3. The third-order valence-corrected chi connectivity index (χ3v) is 9.28. The van der Waals surface area contributed by atoms with Crippen LogP contribution >= 0.6 is 0 Å². The van der Waals surface area contributed by atoms with Crippen LogP contribution in [0.1, 0.15) is 55.5 Å². The third kappa shape index (κ3) is 3.66. The molecule has 2 N–H and O–H groups in total. The first kappa shape index (κ1) is 22.7. The zero-order valence-corrected chi connectivity index (χ0v) is 20.9. The number of para-hydroxylation sites is 1. The number of aromatic nitrogens is 2. The van der Waals surface area contributed by atoms with E-state index in [-0.39, 0.29) is 24.6 Å². The highest BCUT2D eigenvalue weighted by molar-refractivity contribution is 5.85. The van der Waals surface area contributed by atoms with E-state index < -0.39 is 0 Å². The molecule has 2 aromatic heterocycles. The van der Waals surface area contributed by atoms with Crippen LogP contribution in [0.2, 0.25) is 0 Å². The summed E-state index contributed by atoms with van der Waals surface area (Å²) in [5, 5.41) is 4.56. The van der Waals surface area contributed by atoms with E-state index >= 15 is 4.39 Å². The molecule has 0 radical (unpaired) electrons. The van der Waals surface area contributed by atoms with Gasteiger partial charge in [-0.15, -0.1) is 0 Å². The van der Waals surface area contributed by atoms with Gasteiger partial charge in [-0.1, -0.05) is 18.2 Å². The van der Waals surface area contributed by atoms with Crippen LogP contribution in [0, 0.1) is 17.7 Å². The predicted molar refractivity (Wildman–Crippen MR) is 138 cm³/mol. The number of fused-ring (bicyclic) bond motifs is 4. The molecule has 1 unspecified atom stereocenters. The summed E-state index contributed by atoms with van der Waals surface area (Å²) in [7, 11) is 0. The third-order valence-electron chi connectivity index (χ3n) is 9.28. The SMILES string of the molecule is C[C@@H]1Cc2c([nH]c3ccccc23)[C@@H](c2cnc(NC3CN(CCCF)C3)c(F)c2)N1C1CC2CC1C2. The molecule has 3 aromatic rings. The molecule has 190 valence electrons. The maximum absolute atomic E-state index is 15.5. The first-order chi connectivity index (χ1) is 17.6. The van der Waals surface area contributed by atoms with Crippen LogP contribution < -0.4 is 5.32 Å². The molecule has 1 saturated heterocycles. The molecule has 36 heavy (non-hydrogen) atoms. The van der Waals surface area contributed by atoms with Gasteiger partial charge in [0, 0.05) is 54.5 Å². The van der Waals surface area contributed by atoms with Crippen LogP contribution in [-0.2, 0) is 6.42 Å². The van der Waals surface area contributed by atoms with Crippen molar-refractivity contribution in [1.82, 2.24) is 19.8 Å². The van der Waals surface area contributed by atoms with Crippen molar-refractivity contribution in [3.8, 4) is 0 Å². The smallest absolute Gasteiger partial charge is 0.165 e. The van der Waals surface area contributed by atoms with Crippen molar-refractivity contribution < 1.29 is 8.78 Å². The minimum atomic E-state index is -0.290. The molecule has 2 bridgehead atoms. The van der Waals surface area contributed by atoms with Crippen LogP contribution in [0.25, 0.3) is 10.9 Å². The fourth-order valence-corrected chi connectivity index (χ4v) is 7.56. The lowest BCUT2D eigenvalue weighted by molar-refractivity contribution is 0.0709. The number of hydrogen-bond acceptors (Lipinski definition) is 4. The van der Waals surface area contributed by atoms with Crippen molar-refractivity contribution in [2.75, 3.05) is 31.6 Å². The van der Waals surface area contributed by atoms with Crippen molar-refractivity contribution in [3.05, 3.63) is 59.2 Å². The summed E-state index contributed by atoms with van der Waals surface area (Å²) in [6.45, 7) is 4.43. The van der Waals surface area contributed by atoms with E-state index in [2.05, 4.69) is 56.3 Å². The van der Waals surface area contributed by atoms with Crippen molar-refractivity contribution in [1.29, 1.82) is 0 Å². The number of alkyl halides is 1. The van der Waals surface area contributed by atoms with Crippen LogP contribution in [0.15, 0.2) is 36.5 Å². The first-order valence-corrected chi connectivity index (χ1v) is 13.7. The van der Waals surface area contributed by atoms with Gasteiger partial charge in [-0.3, -0.25) is 14.2 Å². The highest BCUT2D eigenvalue weighted by atomic mass is 19.1. The zero-order chi connectivity index (χ0) is 24.4. The first-order valence-electron chi connectivity index (χ1n) is 13.7. The average Bonchev–Trinajstić information content (AvgIpc) is 3.53. The Hall–Kier alpha value is -2.51. The molecule has 1 aromatic carbocycles. The number of likely N-dealkylation sites (tertiary alicyclic amines) is 1. The molecular formula is C29H35F2N5. The standard InChI is InChI=1S/C29H35F2N5/c1-17-9-23-22-5-2-3-6-25(22)34-27(23)28(36(17)26-12-18-10-19(26)11-18)20-13-24(31)29(32-14-20)33-21-15-35(16-21)8-4-7-30/h2-3,5-6,13-14,17-19,21,26,28,34H,4,7-12,15-16H2,1H3,(H,32,33)/t17-,18?,19?,26?,28-/m1/s1. The number of aromatic amines is 1. The minimum Gasteiger partial charge on any atom is -0.362 e. The number of halogens is 2. The summed E-state index contributed by atoms with van der Waals surface area (Å²) < 4.78 is 27.9. The van der Waals surface area contributed by atoms with Crippen LogP contribution in [0.3, 0.4) is 0 Å². The number of anilines is 1. The van der Waals surface area contributed by atoms with Crippen molar-refractivity contribution in [3.63, 3.8) is 0 Å². The second-order valence-electron chi connectivity index (χ2n) is 11.6. The van der Waals surface area contributed by atoms with Crippen molar-refractivity contribution in [2.45, 2.75) is 63.2 Å². The summed E-state index contributed by atoms with van der Waals surface area (Å²) in [5.74, 6) is 1.67. The van der Waals surface area contributed by atoms with Gasteiger partial charge in [0.2, 0.25) is 0 Å². The molecule has 5 aliphatic rings. The second-order valence-corrected chi connectivity index (χ2v) is 11.6. The lowest BCUT2D eigenvalue weighted by atomic mass is 9.82. The van der Waals surface area contributed by atoms with E-state index in [9.17, 15) is 4.39 Å². The monoisotopic (exact) mass is 491 g/mol. The van der Waals surface area contributed by atoms with Gasteiger partial charge in [0.15, 0.2) is 11.6 Å². The Morgan fingerprint density at radius 1 is 1.17 bits per heavy atom. The Bertz CT molecular complexity index is 1260. The van der Waals surface area contributed by atoms with Gasteiger partial charge >= 0.3 is 0 Å². The van der Waals surface area contributed by atoms with E-state index in [1.807, 2.05) is 6.20 Å². The van der Waals surface area contributed by atoms with Crippen LogP contribution in [-0.4, -0.2) is 64.2 Å². The Labute approximate surface area is 211 Å². The average molecular weight is 492 g/mol. The van der Waals surface area contributed by atoms with Gasteiger partial charge in [0.05, 0.1) is 18.8 Å². The summed E-state index contributed by atoms with van der Waals surface area (Å²) in [4.78, 5) is 13.2. The molecule has 3 atom stereocenters. The molecule has 2 aliphatic heterocycles. The lowest BCUT2D eigenvalue weighted by Crippen LogP contribution is -2.55. The molecule has 5 nitrogen and oxygen atoms in total. The highest BCUT2D eigenvalue weighted by Crippen LogP contribution is 2.54. The summed E-state index contributed by atoms with van der Waals surface area (Å²) >= 11 is 0. The normalized spacial score (nSPS) is 30.2. The molecule has 0 amide bonds. The summed E-state index contributed by atoms with van der Waals surface area (Å²) in [6.07, 6.45) is 7.41. The van der Waals surface area contributed by atoms with Gasteiger partial charge in [0.25, 0.3) is 0 Å². The molecule has 4 fully saturated rings. The number of nitrogens with one attached hydrogen (secondary N) is 2. The lowest BCUT2D eigenvalue weighted by Gasteiger charge is -2.46. The molecule has 7 heteroatoms. The maximum Gasteiger partial charge on any atom is 0.165 e. The van der Waals surface area contributed by atoms with Gasteiger partial charge in [-0.2, -0.15) is 0 Å². The van der Waals surface area contributed by atoms with Gasteiger partial charge in [0.1, 0.15) is 0 Å². The Kier molecular flexibility index (Phi) is 5.54. The molecule has 0 spiro atoms. The summed E-state index contributed by atoms with van der Waals surface area (Å²) in [6, 6.07) is 11.3. The van der Waals surface area contributed by atoms with E-state index in [1.54, 1.807) is 6.07 Å². The molecule has 4 heterocycles. The van der Waals surface area contributed by atoms with Crippen LogP contribution in [0.4, 0.5) is 14.6 Å². The molecule has 3 saturated carbocycles. The largest absolute Gasteiger partial charge is 0.362 e. The number of H-pyrrole nitrogens is 1. The Morgan fingerprint density at radius 3 is 2.75 bits per heavy atom. The molecule has 8 rings (SSSR count). The molecule has 3 aliphatic carbocycles. The van der Waals surface area contributed by atoms with E-state index in [4.69, 9.17) is 0 Å². The number of pyridine rings is 1. The zero-order valence-electron chi connectivity index (χ0n) is 20.9. The maximum atomic E-state index is 15.5. The second kappa shape index (κ2) is 8.80. The van der Waals surface area contributed by atoms with E-state index in [0.717, 1.165) is 49.0 Å². The van der Waals surface area contributed by atoms with E-state index in [0.29, 0.717) is 24.3 Å². The van der Waals surface area contributed by atoms with Crippen LogP contribution in [0.5, 0.6) is 0 Å². The van der Waals surface area contributed by atoms with Crippen molar-refractivity contribution >= 4 is 16.7 Å². The van der Waals surface area contributed by atoms with Gasteiger partial charge < -0.3 is 10.3 Å². The van der Waals surface area contributed by atoms with Crippen molar-refractivity contribution in [2.24, 2.45) is 11.8 Å². The predicted octanol–water partition coefficient (Wildman–Crippen LogP) is 5.29. The van der Waals surface area contributed by atoms with Gasteiger partial charge in [-0.25, -0.2) is 9.37 Å². The molecular weight excluding hydrogens is 456 g/mol.